The van der Waals surface area contributed by atoms with E-state index >= 15 is 0 Å². The number of aliphatic hydroxyl groups is 1. The zero-order chi connectivity index (χ0) is 32.1. The molecule has 2 aromatic carbocycles. The number of halogens is 1. The molecule has 1 spiro atoms. The minimum Gasteiger partial charge on any atom is -0.457 e. The maximum atomic E-state index is 13.8. The van der Waals surface area contributed by atoms with Crippen LogP contribution in [0.2, 0.25) is 0 Å². The maximum Gasteiger partial charge on any atom is 0.253 e. The topological polar surface area (TPSA) is 112 Å². The molecule has 4 fully saturated rings. The van der Waals surface area contributed by atoms with Crippen LogP contribution in [0.5, 0.6) is 11.5 Å². The lowest BCUT2D eigenvalue weighted by Crippen LogP contribution is -2.75. The number of piperazine rings is 1. The molecular formula is C36H49ClN4O6. The van der Waals surface area contributed by atoms with Crippen molar-refractivity contribution in [2.45, 2.75) is 82.5 Å². The van der Waals surface area contributed by atoms with Gasteiger partial charge in [0.25, 0.3) is 5.91 Å². The highest BCUT2D eigenvalue weighted by atomic mass is 35.5. The Morgan fingerprint density at radius 2 is 1.60 bits per heavy atom. The first-order valence-electron chi connectivity index (χ1n) is 17.1. The van der Waals surface area contributed by atoms with Gasteiger partial charge in [0.1, 0.15) is 23.1 Å². The highest BCUT2D eigenvalue weighted by Crippen LogP contribution is 2.36. The van der Waals surface area contributed by atoms with Crippen LogP contribution in [0.25, 0.3) is 0 Å². The minimum absolute atomic E-state index is 0. The molecule has 0 saturated carbocycles. The lowest BCUT2D eigenvalue weighted by atomic mass is 9.79. The quantitative estimate of drug-likeness (QED) is 0.387. The van der Waals surface area contributed by atoms with Crippen LogP contribution < -0.4 is 10.1 Å². The first kappa shape index (κ1) is 35.1. The summed E-state index contributed by atoms with van der Waals surface area (Å²) < 4.78 is 11.5. The number of likely N-dealkylation sites (tertiary alicyclic amines) is 2. The number of carbonyl (C=O) groups is 3. The Morgan fingerprint density at radius 1 is 0.979 bits per heavy atom. The Hall–Kier alpha value is -3.18. The third kappa shape index (κ3) is 7.77. The monoisotopic (exact) mass is 668 g/mol. The first-order valence-corrected chi connectivity index (χ1v) is 17.1. The van der Waals surface area contributed by atoms with Crippen LogP contribution in [0.3, 0.4) is 0 Å². The third-order valence-electron chi connectivity index (χ3n) is 10.3. The summed E-state index contributed by atoms with van der Waals surface area (Å²) in [6, 6.07) is 14.4. The second kappa shape index (κ2) is 15.8. The third-order valence-corrected chi connectivity index (χ3v) is 10.3. The van der Waals surface area contributed by atoms with Gasteiger partial charge in [0, 0.05) is 58.0 Å². The van der Waals surface area contributed by atoms with Crippen molar-refractivity contribution in [3.63, 3.8) is 0 Å². The molecule has 2 aromatic rings. The van der Waals surface area contributed by atoms with Gasteiger partial charge in [-0.1, -0.05) is 25.5 Å². The molecule has 0 aliphatic carbocycles. The predicted octanol–water partition coefficient (Wildman–Crippen LogP) is 4.39. The Labute approximate surface area is 284 Å². The Balaban J connectivity index is 0.00000433. The fourth-order valence-electron chi connectivity index (χ4n) is 7.44. The molecule has 0 bridgehead atoms. The van der Waals surface area contributed by atoms with Crippen LogP contribution in [0.1, 0.15) is 74.2 Å². The number of ether oxygens (including phenoxy) is 2. The van der Waals surface area contributed by atoms with Crippen molar-refractivity contribution in [3.8, 4) is 11.5 Å². The molecule has 2 atom stereocenters. The summed E-state index contributed by atoms with van der Waals surface area (Å²) in [5.41, 5.74) is 0.950. The fourth-order valence-corrected chi connectivity index (χ4v) is 7.44. The smallest absolute Gasteiger partial charge is 0.253 e. The molecule has 11 heteroatoms. The summed E-state index contributed by atoms with van der Waals surface area (Å²) in [6.45, 7) is 7.53. The van der Waals surface area contributed by atoms with Gasteiger partial charge in [0.05, 0.1) is 6.10 Å². The predicted molar refractivity (Wildman–Crippen MR) is 181 cm³/mol. The molecule has 2 N–H and O–H groups in total. The van der Waals surface area contributed by atoms with Crippen molar-refractivity contribution in [1.82, 2.24) is 20.0 Å². The lowest BCUT2D eigenvalue weighted by molar-refractivity contribution is -0.166. The van der Waals surface area contributed by atoms with E-state index in [1.807, 2.05) is 41.3 Å². The van der Waals surface area contributed by atoms with Gasteiger partial charge in [-0.05, 0) is 92.8 Å². The fraction of sp³-hybridized carbons (Fsp3) is 0.583. The van der Waals surface area contributed by atoms with Crippen LogP contribution >= 0.6 is 12.4 Å². The van der Waals surface area contributed by atoms with E-state index < -0.39 is 17.7 Å². The largest absolute Gasteiger partial charge is 0.457 e. The number of nitrogens with zero attached hydrogens (tertiary/aromatic N) is 3. The number of hydrogen-bond acceptors (Lipinski definition) is 7. The molecule has 4 aliphatic rings. The van der Waals surface area contributed by atoms with E-state index in [2.05, 4.69) is 29.3 Å². The van der Waals surface area contributed by atoms with Crippen LogP contribution in [0, 0.1) is 5.92 Å². The number of nitrogens with one attached hydrogen (secondary N) is 1. The van der Waals surface area contributed by atoms with Gasteiger partial charge in [-0.25, -0.2) is 0 Å². The van der Waals surface area contributed by atoms with E-state index in [4.69, 9.17) is 9.47 Å². The van der Waals surface area contributed by atoms with E-state index in [-0.39, 0.29) is 36.0 Å². The number of piperidine rings is 1. The van der Waals surface area contributed by atoms with Crippen molar-refractivity contribution in [2.24, 2.45) is 5.92 Å². The van der Waals surface area contributed by atoms with E-state index in [0.29, 0.717) is 69.8 Å². The summed E-state index contributed by atoms with van der Waals surface area (Å²) in [5.74, 6) is 1.15. The Morgan fingerprint density at radius 3 is 2.21 bits per heavy atom. The van der Waals surface area contributed by atoms with Crippen molar-refractivity contribution in [2.75, 3.05) is 45.9 Å². The number of unbranched alkanes of at least 4 members (excludes halogenated alkanes) is 1. The van der Waals surface area contributed by atoms with Crippen molar-refractivity contribution < 1.29 is 29.0 Å². The number of aliphatic hydroxyl groups excluding tert-OH is 1. The average molecular weight is 669 g/mol. The molecule has 4 heterocycles. The van der Waals surface area contributed by atoms with Gasteiger partial charge in [-0.15, -0.1) is 12.4 Å². The van der Waals surface area contributed by atoms with Gasteiger partial charge in [0.15, 0.2) is 0 Å². The summed E-state index contributed by atoms with van der Waals surface area (Å²) in [6.07, 6.45) is 5.48. The van der Waals surface area contributed by atoms with E-state index in [0.717, 1.165) is 56.6 Å². The number of rotatable bonds is 10. The molecule has 3 amide bonds. The first-order chi connectivity index (χ1) is 22.4. The second-order valence-corrected chi connectivity index (χ2v) is 13.3. The van der Waals surface area contributed by atoms with Gasteiger partial charge in [-0.3, -0.25) is 19.3 Å². The maximum absolute atomic E-state index is 13.8. The molecule has 0 radical (unpaired) electrons. The molecule has 0 unspecified atom stereocenters. The number of hydrogen-bond donors (Lipinski definition) is 2. The number of benzene rings is 2. The molecule has 10 nitrogen and oxygen atoms in total. The SMILES string of the molecule is CCCCN1C(=O)[C@@H]([C@H](O)C2CCOCC2)NC(=O)C12CCN(Cc1ccc(Oc3ccc(C(=O)N4CCCC4)cc3)cc1)CC2.Cl. The van der Waals surface area contributed by atoms with Crippen LogP contribution in [0.4, 0.5) is 0 Å². The van der Waals surface area contributed by atoms with Gasteiger partial charge in [-0.2, -0.15) is 0 Å². The molecule has 4 saturated heterocycles. The van der Waals surface area contributed by atoms with Crippen LogP contribution in [-0.4, -0.2) is 101 Å². The van der Waals surface area contributed by atoms with E-state index in [9.17, 15) is 19.5 Å². The highest BCUT2D eigenvalue weighted by Gasteiger charge is 2.55. The highest BCUT2D eigenvalue weighted by molar-refractivity contribution is 6.00. The van der Waals surface area contributed by atoms with Gasteiger partial charge >= 0.3 is 0 Å². The number of carbonyl (C=O) groups excluding carboxylic acids is 3. The molecule has 0 aromatic heterocycles. The summed E-state index contributed by atoms with van der Waals surface area (Å²) in [5, 5.41) is 14.1. The van der Waals surface area contributed by atoms with Crippen molar-refractivity contribution >= 4 is 30.1 Å². The van der Waals surface area contributed by atoms with E-state index in [1.165, 1.54) is 0 Å². The van der Waals surface area contributed by atoms with Crippen LogP contribution in [-0.2, 0) is 20.9 Å². The van der Waals surface area contributed by atoms with Crippen LogP contribution in [0.15, 0.2) is 48.5 Å². The molecule has 6 rings (SSSR count). The molecule has 256 valence electrons. The Kier molecular flexibility index (Phi) is 11.8. The zero-order valence-electron chi connectivity index (χ0n) is 27.4. The summed E-state index contributed by atoms with van der Waals surface area (Å²) >= 11 is 0. The average Bonchev–Trinajstić information content (AvgIpc) is 3.64. The van der Waals surface area contributed by atoms with Crippen molar-refractivity contribution in [1.29, 1.82) is 0 Å². The zero-order valence-corrected chi connectivity index (χ0v) is 28.2. The summed E-state index contributed by atoms with van der Waals surface area (Å²) in [4.78, 5) is 46.3. The lowest BCUT2D eigenvalue weighted by Gasteiger charge is -2.52. The second-order valence-electron chi connectivity index (χ2n) is 13.3. The Bertz CT molecular complexity index is 1350. The molecular weight excluding hydrogens is 620 g/mol. The summed E-state index contributed by atoms with van der Waals surface area (Å²) in [7, 11) is 0. The van der Waals surface area contributed by atoms with Crippen molar-refractivity contribution in [3.05, 3.63) is 59.7 Å². The molecule has 47 heavy (non-hydrogen) atoms. The van der Waals surface area contributed by atoms with E-state index in [1.54, 1.807) is 4.90 Å². The standard InChI is InChI=1S/C36H48N4O6.ClH/c1-2-3-20-40-34(43)31(32(41)27-14-23-45-24-15-27)37-35(44)36(40)16-21-38(22-17-36)25-26-6-10-29(11-7-26)46-30-12-8-28(9-13-30)33(42)39-18-4-5-19-39;/h6-13,27,31-32,41H,2-5,14-25H2,1H3,(H,37,44);1H/t31-,32-;/m1./s1. The van der Waals surface area contributed by atoms with Gasteiger partial charge in [0.2, 0.25) is 11.8 Å². The van der Waals surface area contributed by atoms with Gasteiger partial charge < -0.3 is 29.7 Å². The minimum atomic E-state index is -0.905. The molecule has 4 aliphatic heterocycles. The normalized spacial score (nSPS) is 22.6. The number of amides is 3.